The Kier molecular flexibility index (Phi) is 4.06. The lowest BCUT2D eigenvalue weighted by Crippen LogP contribution is -2.48. The number of hydrogen-bond acceptors (Lipinski definition) is 2. The van der Waals surface area contributed by atoms with Crippen molar-refractivity contribution in [3.63, 3.8) is 0 Å². The van der Waals surface area contributed by atoms with Gasteiger partial charge in [-0.25, -0.2) is 0 Å². The summed E-state index contributed by atoms with van der Waals surface area (Å²) in [6, 6.07) is -0.217. The third kappa shape index (κ3) is 5.91. The van der Waals surface area contributed by atoms with Gasteiger partial charge in [0.25, 0.3) is 0 Å². The molecule has 1 aliphatic rings. The Labute approximate surface area is 99.4 Å². The molecule has 0 radical (unpaired) electrons. The molecule has 0 saturated heterocycles. The Morgan fingerprint density at radius 2 is 1.82 bits per heavy atom. The molecule has 0 heterocycles. The minimum absolute atomic E-state index is 0.0456. The van der Waals surface area contributed by atoms with Crippen molar-refractivity contribution in [2.75, 3.05) is 13.1 Å². The van der Waals surface area contributed by atoms with Crippen LogP contribution in [0.3, 0.4) is 0 Å². The fraction of sp³-hybridized carbons (Fsp3) is 0.909. The number of hydrogen-bond donors (Lipinski definition) is 1. The number of halogens is 3. The molecule has 0 aromatic carbocycles. The first-order chi connectivity index (χ1) is 7.58. The number of rotatable bonds is 4. The molecule has 1 aliphatic carbocycles. The maximum absolute atomic E-state index is 12.3. The van der Waals surface area contributed by atoms with Gasteiger partial charge in [0.2, 0.25) is 5.91 Å². The minimum Gasteiger partial charge on any atom is -0.330 e. The van der Waals surface area contributed by atoms with Gasteiger partial charge >= 0.3 is 6.18 Å². The van der Waals surface area contributed by atoms with Gasteiger partial charge in [-0.2, -0.15) is 13.2 Å². The van der Waals surface area contributed by atoms with Gasteiger partial charge in [0.05, 0.1) is 6.54 Å². The van der Waals surface area contributed by atoms with E-state index in [0.717, 1.165) is 4.90 Å². The normalized spacial score (nSPS) is 17.1. The first-order valence-corrected chi connectivity index (χ1v) is 5.70. The van der Waals surface area contributed by atoms with Gasteiger partial charge in [-0.05, 0) is 33.6 Å². The van der Waals surface area contributed by atoms with Gasteiger partial charge in [0.15, 0.2) is 0 Å². The van der Waals surface area contributed by atoms with E-state index in [2.05, 4.69) is 5.32 Å². The molecule has 6 heteroatoms. The van der Waals surface area contributed by atoms with Gasteiger partial charge in [-0.1, -0.05) is 0 Å². The van der Waals surface area contributed by atoms with E-state index in [-0.39, 0.29) is 18.1 Å². The van der Waals surface area contributed by atoms with Crippen molar-refractivity contribution in [1.82, 2.24) is 10.2 Å². The molecule has 3 nitrogen and oxygen atoms in total. The summed E-state index contributed by atoms with van der Waals surface area (Å²) < 4.78 is 36.9. The van der Waals surface area contributed by atoms with Gasteiger partial charge in [0, 0.05) is 11.6 Å². The Bertz CT molecular complexity index is 279. The second-order valence-corrected chi connectivity index (χ2v) is 5.47. The highest BCUT2D eigenvalue weighted by Gasteiger charge is 2.40. The van der Waals surface area contributed by atoms with Crippen LogP contribution in [0, 0.1) is 0 Å². The standard InChI is InChI=1S/C11H19F3N2O/c1-10(2,3)15-6-9(17)16(8-4-5-8)7-11(12,13)14/h8,15H,4-7H2,1-3H3. The van der Waals surface area contributed by atoms with Gasteiger partial charge in [-0.15, -0.1) is 0 Å². The number of nitrogens with one attached hydrogen (secondary N) is 1. The largest absolute Gasteiger partial charge is 0.406 e. The zero-order valence-electron chi connectivity index (χ0n) is 10.4. The van der Waals surface area contributed by atoms with E-state index in [9.17, 15) is 18.0 Å². The zero-order valence-corrected chi connectivity index (χ0v) is 10.4. The molecule has 1 N–H and O–H groups in total. The fourth-order valence-corrected chi connectivity index (χ4v) is 1.44. The molecule has 1 fully saturated rings. The van der Waals surface area contributed by atoms with Crippen molar-refractivity contribution in [3.8, 4) is 0 Å². The Balaban J connectivity index is 2.50. The third-order valence-corrected chi connectivity index (χ3v) is 2.43. The molecule has 1 saturated carbocycles. The van der Waals surface area contributed by atoms with Gasteiger partial charge < -0.3 is 10.2 Å². The molecule has 0 aromatic rings. The molecule has 0 bridgehead atoms. The number of nitrogens with zero attached hydrogens (tertiary/aromatic N) is 1. The van der Waals surface area contributed by atoms with Crippen LogP contribution in [0.5, 0.6) is 0 Å². The SMILES string of the molecule is CC(C)(C)NCC(=O)N(CC(F)(F)F)C1CC1. The van der Waals surface area contributed by atoms with Gasteiger partial charge in [-0.3, -0.25) is 4.79 Å². The molecule has 0 unspecified atom stereocenters. The van der Waals surface area contributed by atoms with Crippen LogP contribution in [0.15, 0.2) is 0 Å². The van der Waals surface area contributed by atoms with E-state index in [4.69, 9.17) is 0 Å². The average molecular weight is 252 g/mol. The van der Waals surface area contributed by atoms with Crippen molar-refractivity contribution in [3.05, 3.63) is 0 Å². The van der Waals surface area contributed by atoms with Crippen molar-refractivity contribution >= 4 is 5.91 Å². The summed E-state index contributed by atoms with van der Waals surface area (Å²) in [6.45, 7) is 4.42. The van der Waals surface area contributed by atoms with Crippen LogP contribution in [0.4, 0.5) is 13.2 Å². The van der Waals surface area contributed by atoms with Crippen LogP contribution in [-0.4, -0.2) is 41.7 Å². The highest BCUT2D eigenvalue weighted by atomic mass is 19.4. The second kappa shape index (κ2) is 4.84. The Morgan fingerprint density at radius 1 is 1.29 bits per heavy atom. The summed E-state index contributed by atoms with van der Waals surface area (Å²) >= 11 is 0. The van der Waals surface area contributed by atoms with Crippen molar-refractivity contribution in [2.45, 2.75) is 51.4 Å². The molecule has 1 amide bonds. The molecule has 0 atom stereocenters. The smallest absolute Gasteiger partial charge is 0.330 e. The molecule has 0 aliphatic heterocycles. The second-order valence-electron chi connectivity index (χ2n) is 5.47. The quantitative estimate of drug-likeness (QED) is 0.829. The summed E-state index contributed by atoms with van der Waals surface area (Å²) in [5.74, 6) is -0.472. The third-order valence-electron chi connectivity index (χ3n) is 2.43. The lowest BCUT2D eigenvalue weighted by Gasteiger charge is -2.26. The van der Waals surface area contributed by atoms with E-state index in [0.29, 0.717) is 12.8 Å². The molecule has 1 rings (SSSR count). The van der Waals surface area contributed by atoms with Gasteiger partial charge in [0.1, 0.15) is 6.54 Å². The molecule has 0 aromatic heterocycles. The molecule has 0 spiro atoms. The van der Waals surface area contributed by atoms with Crippen LogP contribution < -0.4 is 5.32 Å². The predicted molar refractivity (Wildman–Crippen MR) is 58.5 cm³/mol. The van der Waals surface area contributed by atoms with Crippen molar-refractivity contribution in [2.24, 2.45) is 0 Å². The summed E-state index contributed by atoms with van der Waals surface area (Å²) in [4.78, 5) is 12.7. The van der Waals surface area contributed by atoms with E-state index >= 15 is 0 Å². The number of alkyl halides is 3. The summed E-state index contributed by atoms with van der Waals surface area (Å²) in [7, 11) is 0. The van der Waals surface area contributed by atoms with Crippen LogP contribution >= 0.6 is 0 Å². The topological polar surface area (TPSA) is 32.3 Å². The number of carbonyl (C=O) groups is 1. The van der Waals surface area contributed by atoms with E-state index in [1.54, 1.807) is 0 Å². The van der Waals surface area contributed by atoms with E-state index < -0.39 is 18.6 Å². The maximum atomic E-state index is 12.3. The first-order valence-electron chi connectivity index (χ1n) is 5.70. The molecular formula is C11H19F3N2O. The average Bonchev–Trinajstić information content (AvgIpc) is 2.90. The van der Waals surface area contributed by atoms with Crippen LogP contribution in [0.2, 0.25) is 0 Å². The highest BCUT2D eigenvalue weighted by Crippen LogP contribution is 2.30. The number of amides is 1. The molecular weight excluding hydrogens is 233 g/mol. The summed E-state index contributed by atoms with van der Waals surface area (Å²) in [5, 5.41) is 2.91. The maximum Gasteiger partial charge on any atom is 0.406 e. The first kappa shape index (κ1) is 14.3. The van der Waals surface area contributed by atoms with Crippen molar-refractivity contribution < 1.29 is 18.0 Å². The highest BCUT2D eigenvalue weighted by molar-refractivity contribution is 5.79. The van der Waals surface area contributed by atoms with Crippen molar-refractivity contribution in [1.29, 1.82) is 0 Å². The monoisotopic (exact) mass is 252 g/mol. The molecule has 100 valence electrons. The van der Waals surface area contributed by atoms with E-state index in [1.807, 2.05) is 20.8 Å². The van der Waals surface area contributed by atoms with E-state index in [1.165, 1.54) is 0 Å². The fourth-order valence-electron chi connectivity index (χ4n) is 1.44. The lowest BCUT2D eigenvalue weighted by atomic mass is 10.1. The summed E-state index contributed by atoms with van der Waals surface area (Å²) in [5.41, 5.74) is -0.275. The predicted octanol–water partition coefficient (Wildman–Crippen LogP) is 1.93. The number of carbonyl (C=O) groups excluding carboxylic acids is 1. The van der Waals surface area contributed by atoms with Crippen LogP contribution in [0.1, 0.15) is 33.6 Å². The van der Waals surface area contributed by atoms with Crippen LogP contribution in [0.25, 0.3) is 0 Å². The Hall–Kier alpha value is -0.780. The molecule has 17 heavy (non-hydrogen) atoms. The Morgan fingerprint density at radius 3 is 2.18 bits per heavy atom. The minimum atomic E-state index is -4.32. The lowest BCUT2D eigenvalue weighted by molar-refractivity contribution is -0.161. The summed E-state index contributed by atoms with van der Waals surface area (Å²) in [6.07, 6.45) is -2.96. The van der Waals surface area contributed by atoms with Crippen LogP contribution in [-0.2, 0) is 4.79 Å². The zero-order chi connectivity index (χ0) is 13.3.